The van der Waals surface area contributed by atoms with Gasteiger partial charge in [0.25, 0.3) is 5.91 Å². The van der Waals surface area contributed by atoms with Crippen molar-refractivity contribution in [2.45, 2.75) is 20.3 Å². The summed E-state index contributed by atoms with van der Waals surface area (Å²) in [4.78, 5) is 11.9. The van der Waals surface area contributed by atoms with Crippen molar-refractivity contribution in [2.24, 2.45) is 0 Å². The molecule has 0 unspecified atom stereocenters. The van der Waals surface area contributed by atoms with E-state index in [0.29, 0.717) is 25.1 Å². The topological polar surface area (TPSA) is 64.4 Å². The maximum absolute atomic E-state index is 11.9. The Morgan fingerprint density at radius 1 is 1.35 bits per heavy atom. The van der Waals surface area contributed by atoms with Crippen molar-refractivity contribution in [2.75, 3.05) is 13.2 Å². The van der Waals surface area contributed by atoms with Crippen molar-refractivity contribution in [3.8, 4) is 5.75 Å². The monoisotopic (exact) mass is 274 g/mol. The second-order valence-electron chi connectivity index (χ2n) is 4.40. The van der Waals surface area contributed by atoms with Crippen LogP contribution in [0.25, 0.3) is 0 Å². The van der Waals surface area contributed by atoms with Gasteiger partial charge >= 0.3 is 0 Å². The molecule has 1 N–H and O–H groups in total. The van der Waals surface area contributed by atoms with Gasteiger partial charge in [-0.25, -0.2) is 0 Å². The predicted octanol–water partition coefficient (Wildman–Crippen LogP) is 2.35. The third-order valence-electron chi connectivity index (χ3n) is 2.76. The van der Waals surface area contributed by atoms with Crippen LogP contribution >= 0.6 is 0 Å². The first-order valence-corrected chi connectivity index (χ1v) is 6.62. The average molecular weight is 274 g/mol. The summed E-state index contributed by atoms with van der Waals surface area (Å²) < 4.78 is 10.4. The molecule has 0 atom stereocenters. The van der Waals surface area contributed by atoms with Gasteiger partial charge in [-0.15, -0.1) is 0 Å². The number of aromatic nitrogens is 1. The Morgan fingerprint density at radius 2 is 2.10 bits per heavy atom. The van der Waals surface area contributed by atoms with E-state index < -0.39 is 0 Å². The summed E-state index contributed by atoms with van der Waals surface area (Å²) in [5, 5.41) is 6.64. The molecule has 1 amide bonds. The zero-order valence-corrected chi connectivity index (χ0v) is 11.7. The number of hydrogen-bond acceptors (Lipinski definition) is 4. The Labute approximate surface area is 117 Å². The second-order valence-corrected chi connectivity index (χ2v) is 4.40. The normalized spacial score (nSPS) is 10.3. The van der Waals surface area contributed by atoms with E-state index in [1.165, 1.54) is 0 Å². The van der Waals surface area contributed by atoms with E-state index in [1.54, 1.807) is 24.3 Å². The van der Waals surface area contributed by atoms with Crippen molar-refractivity contribution < 1.29 is 14.1 Å². The number of nitrogens with one attached hydrogen (secondary N) is 1. The van der Waals surface area contributed by atoms with Gasteiger partial charge in [0, 0.05) is 24.6 Å². The van der Waals surface area contributed by atoms with Crippen LogP contribution in [-0.2, 0) is 6.42 Å². The van der Waals surface area contributed by atoms with Crippen LogP contribution in [0.1, 0.15) is 28.7 Å². The SMILES string of the molecule is CCOc1ccc(C(=O)NCCc2cc(C)no2)cc1. The molecular weight excluding hydrogens is 256 g/mol. The van der Waals surface area contributed by atoms with Crippen LogP contribution in [0, 0.1) is 6.92 Å². The zero-order chi connectivity index (χ0) is 14.4. The molecule has 0 aliphatic rings. The van der Waals surface area contributed by atoms with Gasteiger partial charge in [0.2, 0.25) is 0 Å². The highest BCUT2D eigenvalue weighted by atomic mass is 16.5. The summed E-state index contributed by atoms with van der Waals surface area (Å²) in [6.07, 6.45) is 0.629. The van der Waals surface area contributed by atoms with Crippen LogP contribution in [0.5, 0.6) is 5.75 Å². The fourth-order valence-corrected chi connectivity index (χ4v) is 1.80. The Bertz CT molecular complexity index is 561. The van der Waals surface area contributed by atoms with Crippen molar-refractivity contribution in [3.63, 3.8) is 0 Å². The molecule has 0 spiro atoms. The summed E-state index contributed by atoms with van der Waals surface area (Å²) in [5.41, 5.74) is 1.46. The number of ether oxygens (including phenoxy) is 1. The van der Waals surface area contributed by atoms with Crippen molar-refractivity contribution >= 4 is 5.91 Å². The lowest BCUT2D eigenvalue weighted by molar-refractivity contribution is 0.0953. The van der Waals surface area contributed by atoms with Gasteiger partial charge in [-0.3, -0.25) is 4.79 Å². The molecule has 0 saturated heterocycles. The molecule has 5 nitrogen and oxygen atoms in total. The minimum absolute atomic E-state index is 0.107. The van der Waals surface area contributed by atoms with E-state index in [2.05, 4.69) is 10.5 Å². The number of hydrogen-bond donors (Lipinski definition) is 1. The van der Waals surface area contributed by atoms with Crippen LogP contribution in [-0.4, -0.2) is 24.2 Å². The molecule has 0 radical (unpaired) electrons. The van der Waals surface area contributed by atoms with Gasteiger partial charge in [-0.1, -0.05) is 5.16 Å². The first-order chi connectivity index (χ1) is 9.69. The Balaban J connectivity index is 1.82. The quantitative estimate of drug-likeness (QED) is 0.878. The highest BCUT2D eigenvalue weighted by Crippen LogP contribution is 2.12. The minimum atomic E-state index is -0.107. The van der Waals surface area contributed by atoms with E-state index in [0.717, 1.165) is 17.2 Å². The van der Waals surface area contributed by atoms with Crippen LogP contribution < -0.4 is 10.1 Å². The summed E-state index contributed by atoms with van der Waals surface area (Å²) in [6, 6.07) is 8.94. The molecule has 5 heteroatoms. The standard InChI is InChI=1S/C15H18N2O3/c1-3-19-13-6-4-12(5-7-13)15(18)16-9-8-14-10-11(2)17-20-14/h4-7,10H,3,8-9H2,1-2H3,(H,16,18). The number of aryl methyl sites for hydroxylation is 1. The third kappa shape index (κ3) is 3.85. The minimum Gasteiger partial charge on any atom is -0.494 e. The molecule has 1 aromatic carbocycles. The van der Waals surface area contributed by atoms with Crippen LogP contribution in [0.3, 0.4) is 0 Å². The van der Waals surface area contributed by atoms with Gasteiger partial charge in [-0.05, 0) is 38.1 Å². The highest BCUT2D eigenvalue weighted by Gasteiger charge is 2.06. The van der Waals surface area contributed by atoms with Gasteiger partial charge < -0.3 is 14.6 Å². The first-order valence-electron chi connectivity index (χ1n) is 6.62. The summed E-state index contributed by atoms with van der Waals surface area (Å²) in [7, 11) is 0. The lowest BCUT2D eigenvalue weighted by atomic mass is 10.2. The average Bonchev–Trinajstić information content (AvgIpc) is 2.85. The molecule has 1 aromatic heterocycles. The zero-order valence-electron chi connectivity index (χ0n) is 11.7. The van der Waals surface area contributed by atoms with Crippen LogP contribution in [0.4, 0.5) is 0 Å². The highest BCUT2D eigenvalue weighted by molar-refractivity contribution is 5.94. The third-order valence-corrected chi connectivity index (χ3v) is 2.76. The fraction of sp³-hybridized carbons (Fsp3) is 0.333. The Hall–Kier alpha value is -2.30. The van der Waals surface area contributed by atoms with Crippen molar-refractivity contribution in [1.29, 1.82) is 0 Å². The summed E-state index contributed by atoms with van der Waals surface area (Å²) >= 11 is 0. The summed E-state index contributed by atoms with van der Waals surface area (Å²) in [6.45, 7) is 4.92. The lowest BCUT2D eigenvalue weighted by Gasteiger charge is -2.06. The van der Waals surface area contributed by atoms with E-state index in [1.807, 2.05) is 19.9 Å². The van der Waals surface area contributed by atoms with E-state index >= 15 is 0 Å². The number of amides is 1. The maximum atomic E-state index is 11.9. The van der Waals surface area contributed by atoms with Crippen molar-refractivity contribution in [1.82, 2.24) is 10.5 Å². The maximum Gasteiger partial charge on any atom is 0.251 e. The Kier molecular flexibility index (Phi) is 4.76. The number of benzene rings is 1. The van der Waals surface area contributed by atoms with Crippen molar-refractivity contribution in [3.05, 3.63) is 47.3 Å². The smallest absolute Gasteiger partial charge is 0.251 e. The molecule has 0 aliphatic carbocycles. The molecule has 0 fully saturated rings. The fourth-order valence-electron chi connectivity index (χ4n) is 1.80. The first kappa shape index (κ1) is 14.1. The molecule has 20 heavy (non-hydrogen) atoms. The predicted molar refractivity (Wildman–Crippen MR) is 74.9 cm³/mol. The molecular formula is C15H18N2O3. The van der Waals surface area contributed by atoms with E-state index in [-0.39, 0.29) is 5.91 Å². The van der Waals surface area contributed by atoms with Crippen LogP contribution in [0.15, 0.2) is 34.9 Å². The van der Waals surface area contributed by atoms with E-state index in [4.69, 9.17) is 9.26 Å². The molecule has 2 rings (SSSR count). The van der Waals surface area contributed by atoms with Crippen LogP contribution in [0.2, 0.25) is 0 Å². The second kappa shape index (κ2) is 6.75. The number of nitrogens with zero attached hydrogens (tertiary/aromatic N) is 1. The summed E-state index contributed by atoms with van der Waals surface area (Å²) in [5.74, 6) is 1.43. The number of carbonyl (C=O) groups is 1. The van der Waals surface area contributed by atoms with Gasteiger partial charge in [0.15, 0.2) is 0 Å². The largest absolute Gasteiger partial charge is 0.494 e. The van der Waals surface area contributed by atoms with E-state index in [9.17, 15) is 4.79 Å². The lowest BCUT2D eigenvalue weighted by Crippen LogP contribution is -2.25. The van der Waals surface area contributed by atoms with Gasteiger partial charge in [0.1, 0.15) is 11.5 Å². The number of carbonyl (C=O) groups excluding carboxylic acids is 1. The molecule has 1 heterocycles. The van der Waals surface area contributed by atoms with Gasteiger partial charge in [0.05, 0.1) is 12.3 Å². The number of rotatable bonds is 6. The molecule has 0 saturated carbocycles. The molecule has 106 valence electrons. The molecule has 0 bridgehead atoms. The van der Waals surface area contributed by atoms with Gasteiger partial charge in [-0.2, -0.15) is 0 Å². The molecule has 2 aromatic rings. The molecule has 0 aliphatic heterocycles. The Morgan fingerprint density at radius 3 is 2.70 bits per heavy atom.